The van der Waals surface area contributed by atoms with E-state index in [1.54, 1.807) is 42.1 Å². The van der Waals surface area contributed by atoms with E-state index < -0.39 is 5.91 Å². The number of nitrogens with one attached hydrogen (secondary N) is 4. The van der Waals surface area contributed by atoms with Crippen molar-refractivity contribution in [3.63, 3.8) is 0 Å². The predicted molar refractivity (Wildman–Crippen MR) is 198 cm³/mol. The molecule has 15 heteroatoms. The molecular weight excluding hydrogens is 705 g/mol. The minimum Gasteiger partial charge on any atom is -0.481 e. The number of amides is 3. The van der Waals surface area contributed by atoms with Crippen LogP contribution in [0.25, 0.3) is 22.5 Å². The monoisotopic (exact) mass is 745 g/mol. The molecule has 3 aliphatic rings. The molecule has 2 fully saturated rings. The van der Waals surface area contributed by atoms with Gasteiger partial charge < -0.3 is 35.5 Å². The summed E-state index contributed by atoms with van der Waals surface area (Å²) in [4.78, 5) is 54.2. The summed E-state index contributed by atoms with van der Waals surface area (Å²) < 4.78 is 7.42. The Labute approximate surface area is 311 Å². The number of anilines is 1. The number of nitrogens with zero attached hydrogens (tertiary/aromatic N) is 5. The molecule has 0 bridgehead atoms. The summed E-state index contributed by atoms with van der Waals surface area (Å²) in [6, 6.07) is 11.0. The average molecular weight is 747 g/mol. The van der Waals surface area contributed by atoms with Gasteiger partial charge in [0.25, 0.3) is 5.91 Å². The largest absolute Gasteiger partial charge is 0.481 e. The Morgan fingerprint density at radius 1 is 1.06 bits per heavy atom. The van der Waals surface area contributed by atoms with Crippen molar-refractivity contribution in [3.8, 4) is 28.4 Å². The van der Waals surface area contributed by atoms with Crippen LogP contribution >= 0.6 is 23.2 Å². The number of ether oxygens (including phenoxy) is 1. The van der Waals surface area contributed by atoms with Gasteiger partial charge in [-0.05, 0) is 44.0 Å². The number of halogens is 2. The number of fused-ring (bicyclic) bond motifs is 1. The first kappa shape index (κ1) is 35.8. The van der Waals surface area contributed by atoms with E-state index in [0.717, 1.165) is 42.8 Å². The second kappa shape index (κ2) is 15.6. The normalized spacial score (nSPS) is 18.5. The number of hydrogen-bond donors (Lipinski definition) is 4. The first-order valence-corrected chi connectivity index (χ1v) is 18.3. The van der Waals surface area contributed by atoms with Gasteiger partial charge in [0.2, 0.25) is 17.7 Å². The number of carbonyl (C=O) groups is 3. The zero-order chi connectivity index (χ0) is 36.4. The van der Waals surface area contributed by atoms with Crippen LogP contribution in [-0.2, 0) is 36.1 Å². The minimum atomic E-state index is -0.419. The molecule has 4 N–H and O–H groups in total. The molecule has 0 unspecified atom stereocenters. The molecule has 3 aromatic heterocycles. The summed E-state index contributed by atoms with van der Waals surface area (Å²) in [7, 11) is 3.39. The number of aromatic nitrogens is 4. The summed E-state index contributed by atoms with van der Waals surface area (Å²) in [5, 5.41) is 13.2. The molecule has 52 heavy (non-hydrogen) atoms. The molecule has 0 spiro atoms. The van der Waals surface area contributed by atoms with Gasteiger partial charge >= 0.3 is 0 Å². The van der Waals surface area contributed by atoms with E-state index in [2.05, 4.69) is 31.2 Å². The predicted octanol–water partition coefficient (Wildman–Crippen LogP) is 4.36. The van der Waals surface area contributed by atoms with Crippen LogP contribution in [0.2, 0.25) is 10.0 Å². The molecule has 2 atom stereocenters. The van der Waals surface area contributed by atoms with Gasteiger partial charge in [0.05, 0.1) is 52.4 Å². The third-order valence-corrected chi connectivity index (χ3v) is 10.8. The summed E-state index contributed by atoms with van der Waals surface area (Å²) in [6.07, 6.45) is 5.50. The molecule has 0 aliphatic carbocycles. The van der Waals surface area contributed by atoms with Gasteiger partial charge in [-0.15, -0.1) is 0 Å². The topological polar surface area (TPSA) is 155 Å². The Morgan fingerprint density at radius 3 is 2.69 bits per heavy atom. The lowest BCUT2D eigenvalue weighted by molar-refractivity contribution is -0.137. The number of piperidine rings is 1. The molecule has 0 saturated carbocycles. The second-order valence-electron chi connectivity index (χ2n) is 13.4. The van der Waals surface area contributed by atoms with Crippen LogP contribution in [0.5, 0.6) is 5.88 Å². The summed E-state index contributed by atoms with van der Waals surface area (Å²) in [6.45, 7) is 3.79. The van der Waals surface area contributed by atoms with E-state index in [0.29, 0.717) is 84.7 Å². The Morgan fingerprint density at radius 2 is 1.92 bits per heavy atom. The maximum atomic E-state index is 13.6. The van der Waals surface area contributed by atoms with Crippen molar-refractivity contribution < 1.29 is 19.1 Å². The van der Waals surface area contributed by atoms with Gasteiger partial charge in [-0.1, -0.05) is 41.4 Å². The number of rotatable bonds is 10. The summed E-state index contributed by atoms with van der Waals surface area (Å²) in [5.74, 6) is 0.474. The van der Waals surface area contributed by atoms with Crippen molar-refractivity contribution in [1.82, 2.24) is 40.4 Å². The number of benzene rings is 1. The molecule has 6 heterocycles. The van der Waals surface area contributed by atoms with Crippen LogP contribution in [0.4, 0.5) is 5.69 Å². The lowest BCUT2D eigenvalue weighted by Gasteiger charge is -2.32. The van der Waals surface area contributed by atoms with Crippen molar-refractivity contribution in [2.24, 2.45) is 13.0 Å². The Bertz CT molecular complexity index is 2010. The maximum Gasteiger partial charge on any atom is 0.291 e. The molecule has 3 aliphatic heterocycles. The summed E-state index contributed by atoms with van der Waals surface area (Å²) >= 11 is 13.9. The smallest absolute Gasteiger partial charge is 0.291 e. The van der Waals surface area contributed by atoms with Gasteiger partial charge in [0.1, 0.15) is 0 Å². The molecular formula is C37H41Cl2N9O4. The second-order valence-corrected chi connectivity index (χ2v) is 14.1. The Hall–Kier alpha value is -4.56. The van der Waals surface area contributed by atoms with Crippen LogP contribution in [-0.4, -0.2) is 81.5 Å². The molecule has 7 rings (SSSR count). The number of pyridine rings is 2. The van der Waals surface area contributed by atoms with E-state index in [-0.39, 0.29) is 34.6 Å². The molecule has 272 valence electrons. The highest BCUT2D eigenvalue weighted by atomic mass is 35.5. The molecule has 13 nitrogen and oxygen atoms in total. The van der Waals surface area contributed by atoms with E-state index in [1.807, 2.05) is 24.1 Å². The van der Waals surface area contributed by atoms with Crippen molar-refractivity contribution in [1.29, 1.82) is 0 Å². The summed E-state index contributed by atoms with van der Waals surface area (Å²) in [5.41, 5.74) is 5.10. The SMILES string of the molecule is COc1nc(-c2ccnc(-c3cccc(NC(=O)c4nc5c(n4C)CCN(C(=O)[C@@H]4CCCNC4)C5)c3Cl)c2Cl)ccc1CNC[C@@H]1CCC(=O)N1. The molecule has 1 aromatic carbocycles. The third kappa shape index (κ3) is 7.36. The van der Waals surface area contributed by atoms with Crippen molar-refractivity contribution in [3.05, 3.63) is 75.4 Å². The molecule has 0 radical (unpaired) electrons. The first-order valence-electron chi connectivity index (χ1n) is 17.5. The minimum absolute atomic E-state index is 0.0217. The van der Waals surface area contributed by atoms with Gasteiger partial charge in [-0.25, -0.2) is 9.97 Å². The standard InChI is InChI=1S/C37H41Cl2N9O4/c1-47-29-13-16-48(37(51)22-5-4-14-40-18-22)20-28(29)44-34(47)35(50)45-27-7-3-6-25(31(27)38)33-32(39)24(12-15-42-33)26-10-8-21(36(46-26)52-2)17-41-19-23-9-11-30(49)43-23/h3,6-8,10,12,15,22-23,40-41H,4-5,9,11,13-14,16-20H2,1-2H3,(H,43,49)(H,45,50)/t22-,23+/m1/s1. The van der Waals surface area contributed by atoms with Crippen LogP contribution in [0, 0.1) is 5.92 Å². The number of imidazole rings is 1. The lowest BCUT2D eigenvalue weighted by Crippen LogP contribution is -2.45. The van der Waals surface area contributed by atoms with Gasteiger partial charge in [-0.2, -0.15) is 0 Å². The third-order valence-electron chi connectivity index (χ3n) is 10.0. The van der Waals surface area contributed by atoms with E-state index in [4.69, 9.17) is 32.9 Å². The fraction of sp³-hybridized carbons (Fsp3) is 0.405. The zero-order valence-electron chi connectivity index (χ0n) is 29.1. The first-order chi connectivity index (χ1) is 25.2. The number of methoxy groups -OCH3 is 1. The van der Waals surface area contributed by atoms with Crippen molar-refractivity contribution >= 4 is 46.6 Å². The maximum absolute atomic E-state index is 13.6. The van der Waals surface area contributed by atoms with Crippen LogP contribution in [0.3, 0.4) is 0 Å². The zero-order valence-corrected chi connectivity index (χ0v) is 30.6. The van der Waals surface area contributed by atoms with Crippen molar-refractivity contribution in [2.75, 3.05) is 38.6 Å². The van der Waals surface area contributed by atoms with Gasteiger partial charge in [0.15, 0.2) is 5.82 Å². The van der Waals surface area contributed by atoms with E-state index >= 15 is 0 Å². The van der Waals surface area contributed by atoms with Crippen LogP contribution in [0.1, 0.15) is 53.3 Å². The van der Waals surface area contributed by atoms with E-state index in [9.17, 15) is 14.4 Å². The average Bonchev–Trinajstić information content (AvgIpc) is 3.74. The molecule has 4 aromatic rings. The van der Waals surface area contributed by atoms with Gasteiger partial charge in [-0.3, -0.25) is 19.4 Å². The lowest BCUT2D eigenvalue weighted by atomic mass is 9.97. The highest BCUT2D eigenvalue weighted by Crippen LogP contribution is 2.40. The molecule has 3 amide bonds. The van der Waals surface area contributed by atoms with Crippen LogP contribution < -0.4 is 26.0 Å². The van der Waals surface area contributed by atoms with Crippen molar-refractivity contribution in [2.45, 2.75) is 51.2 Å². The number of carbonyl (C=O) groups excluding carboxylic acids is 3. The quantitative estimate of drug-likeness (QED) is 0.185. The van der Waals surface area contributed by atoms with Crippen LogP contribution in [0.15, 0.2) is 42.6 Å². The highest BCUT2D eigenvalue weighted by Gasteiger charge is 2.32. The highest BCUT2D eigenvalue weighted by molar-refractivity contribution is 6.39. The fourth-order valence-corrected chi connectivity index (χ4v) is 7.77. The van der Waals surface area contributed by atoms with Gasteiger partial charge in [0, 0.05) is 80.7 Å². The Kier molecular flexibility index (Phi) is 10.7. The van der Waals surface area contributed by atoms with E-state index in [1.165, 1.54) is 0 Å². The Balaban J connectivity index is 1.07. The number of hydrogen-bond acceptors (Lipinski definition) is 9. The fourth-order valence-electron chi connectivity index (χ4n) is 7.20. The molecule has 2 saturated heterocycles.